The summed E-state index contributed by atoms with van der Waals surface area (Å²) in [5, 5.41) is 3.38. The number of nitrogen functional groups attached to an aromatic ring is 1. The third-order valence-electron chi connectivity index (χ3n) is 3.61. The van der Waals surface area contributed by atoms with Gasteiger partial charge in [0.1, 0.15) is 5.82 Å². The Bertz CT molecular complexity index is 468. The van der Waals surface area contributed by atoms with Crippen molar-refractivity contribution in [2.75, 3.05) is 17.7 Å². The van der Waals surface area contributed by atoms with Gasteiger partial charge < -0.3 is 15.8 Å². The minimum atomic E-state index is -0.401. The predicted molar refractivity (Wildman–Crippen MR) is 75.1 cm³/mol. The van der Waals surface area contributed by atoms with Crippen molar-refractivity contribution in [2.45, 2.75) is 45.1 Å². The van der Waals surface area contributed by atoms with E-state index in [0.717, 1.165) is 12.8 Å². The number of nitrogens with zero attached hydrogens (tertiary/aromatic N) is 1. The molecule has 1 saturated carbocycles. The van der Waals surface area contributed by atoms with Crippen LogP contribution in [-0.2, 0) is 4.74 Å². The number of pyridine rings is 1. The fourth-order valence-corrected chi connectivity index (χ4v) is 2.53. The molecule has 5 heteroatoms. The summed E-state index contributed by atoms with van der Waals surface area (Å²) in [7, 11) is 0. The zero-order valence-corrected chi connectivity index (χ0v) is 11.5. The Hall–Kier alpha value is -1.78. The van der Waals surface area contributed by atoms with Crippen molar-refractivity contribution in [1.82, 2.24) is 4.98 Å². The van der Waals surface area contributed by atoms with E-state index in [-0.39, 0.29) is 5.54 Å². The van der Waals surface area contributed by atoms with E-state index in [4.69, 9.17) is 10.5 Å². The summed E-state index contributed by atoms with van der Waals surface area (Å²) >= 11 is 0. The van der Waals surface area contributed by atoms with E-state index in [1.54, 1.807) is 19.2 Å². The summed E-state index contributed by atoms with van der Waals surface area (Å²) in [6.07, 6.45) is 6.20. The topological polar surface area (TPSA) is 77.2 Å². The summed E-state index contributed by atoms with van der Waals surface area (Å²) in [4.78, 5) is 16.0. The Balaban J connectivity index is 2.22. The van der Waals surface area contributed by atoms with Crippen LogP contribution < -0.4 is 11.1 Å². The zero-order valence-electron chi connectivity index (χ0n) is 11.5. The molecule has 0 bridgehead atoms. The van der Waals surface area contributed by atoms with Gasteiger partial charge in [-0.25, -0.2) is 9.78 Å². The van der Waals surface area contributed by atoms with Crippen LogP contribution in [0.15, 0.2) is 12.3 Å². The van der Waals surface area contributed by atoms with Gasteiger partial charge in [-0.15, -0.1) is 0 Å². The second-order valence-electron chi connectivity index (χ2n) is 5.23. The van der Waals surface area contributed by atoms with Gasteiger partial charge in [-0.2, -0.15) is 0 Å². The highest BCUT2D eigenvalue weighted by Crippen LogP contribution is 2.34. The van der Waals surface area contributed by atoms with Crippen LogP contribution in [0.25, 0.3) is 0 Å². The van der Waals surface area contributed by atoms with E-state index in [1.165, 1.54) is 12.8 Å². The number of carbonyl (C=O) groups excluding carboxylic acids is 1. The molecule has 0 atom stereocenters. The Morgan fingerprint density at radius 2 is 2.21 bits per heavy atom. The maximum atomic E-state index is 11.8. The molecule has 1 aromatic rings. The highest BCUT2D eigenvalue weighted by molar-refractivity contribution is 5.97. The van der Waals surface area contributed by atoms with Crippen LogP contribution in [0.3, 0.4) is 0 Å². The van der Waals surface area contributed by atoms with Crippen LogP contribution in [0.4, 0.5) is 11.5 Å². The van der Waals surface area contributed by atoms with Gasteiger partial charge in [0, 0.05) is 11.7 Å². The predicted octanol–water partition coefficient (Wildman–Crippen LogP) is 2.59. The molecule has 5 nitrogen and oxygen atoms in total. The molecule has 104 valence electrons. The van der Waals surface area contributed by atoms with Crippen molar-refractivity contribution >= 4 is 17.5 Å². The van der Waals surface area contributed by atoms with Crippen LogP contribution in [-0.4, -0.2) is 23.1 Å². The molecule has 1 aromatic heterocycles. The Morgan fingerprint density at radius 3 is 2.84 bits per heavy atom. The lowest BCUT2D eigenvalue weighted by Crippen LogP contribution is -2.32. The summed E-state index contributed by atoms with van der Waals surface area (Å²) in [5.41, 5.74) is 6.79. The second-order valence-corrected chi connectivity index (χ2v) is 5.23. The number of anilines is 2. The average Bonchev–Trinajstić information content (AvgIpc) is 2.79. The van der Waals surface area contributed by atoms with Gasteiger partial charge in [-0.05, 0) is 32.8 Å². The number of aromatic nitrogens is 1. The molecule has 0 unspecified atom stereocenters. The van der Waals surface area contributed by atoms with E-state index in [9.17, 15) is 4.79 Å². The molecule has 1 fully saturated rings. The number of esters is 1. The number of carbonyl (C=O) groups is 1. The molecule has 1 aliphatic carbocycles. The quantitative estimate of drug-likeness (QED) is 0.816. The summed E-state index contributed by atoms with van der Waals surface area (Å²) < 4.78 is 4.98. The Kier molecular flexibility index (Phi) is 3.93. The van der Waals surface area contributed by atoms with E-state index in [2.05, 4.69) is 17.2 Å². The number of nitrogens with two attached hydrogens (primary N) is 1. The van der Waals surface area contributed by atoms with Gasteiger partial charge in [0.25, 0.3) is 0 Å². The molecule has 0 aliphatic heterocycles. The fourth-order valence-electron chi connectivity index (χ4n) is 2.53. The first-order valence-electron chi connectivity index (χ1n) is 6.75. The van der Waals surface area contributed by atoms with Crippen molar-refractivity contribution in [2.24, 2.45) is 0 Å². The Labute approximate surface area is 113 Å². The maximum Gasteiger partial charge on any atom is 0.340 e. The number of hydrogen-bond donors (Lipinski definition) is 2. The summed E-state index contributed by atoms with van der Waals surface area (Å²) in [6.45, 7) is 4.27. The van der Waals surface area contributed by atoms with Crippen LogP contribution in [0.5, 0.6) is 0 Å². The minimum absolute atomic E-state index is 0.0222. The standard InChI is InChI=1S/C14H21N3O2/c1-3-19-13(18)10-6-9-16-12(11(10)15)17-14(2)7-4-5-8-14/h6,9H,3-5,7-8,15H2,1-2H3,(H,16,17). The first-order chi connectivity index (χ1) is 9.06. The average molecular weight is 263 g/mol. The smallest absolute Gasteiger partial charge is 0.340 e. The first kappa shape index (κ1) is 13.6. The van der Waals surface area contributed by atoms with Gasteiger partial charge in [0.15, 0.2) is 0 Å². The Morgan fingerprint density at radius 1 is 1.53 bits per heavy atom. The molecule has 19 heavy (non-hydrogen) atoms. The number of hydrogen-bond acceptors (Lipinski definition) is 5. The molecule has 2 rings (SSSR count). The van der Waals surface area contributed by atoms with Gasteiger partial charge in [0.05, 0.1) is 17.9 Å². The van der Waals surface area contributed by atoms with E-state index in [0.29, 0.717) is 23.7 Å². The van der Waals surface area contributed by atoms with E-state index < -0.39 is 5.97 Å². The lowest BCUT2D eigenvalue weighted by atomic mass is 10.0. The molecule has 1 aliphatic rings. The highest BCUT2D eigenvalue weighted by Gasteiger charge is 2.29. The molecular weight excluding hydrogens is 242 g/mol. The molecule has 3 N–H and O–H groups in total. The highest BCUT2D eigenvalue weighted by atomic mass is 16.5. The molecule has 0 spiro atoms. The van der Waals surface area contributed by atoms with Gasteiger partial charge in [0.2, 0.25) is 0 Å². The van der Waals surface area contributed by atoms with Gasteiger partial charge in [-0.3, -0.25) is 0 Å². The van der Waals surface area contributed by atoms with Crippen molar-refractivity contribution in [3.8, 4) is 0 Å². The molecule has 0 aromatic carbocycles. The molecule has 0 radical (unpaired) electrons. The summed E-state index contributed by atoms with van der Waals surface area (Å²) in [5.74, 6) is 0.178. The van der Waals surface area contributed by atoms with Crippen LogP contribution in [0.1, 0.15) is 49.9 Å². The lowest BCUT2D eigenvalue weighted by Gasteiger charge is -2.27. The minimum Gasteiger partial charge on any atom is -0.462 e. The third-order valence-corrected chi connectivity index (χ3v) is 3.61. The lowest BCUT2D eigenvalue weighted by molar-refractivity contribution is 0.0527. The normalized spacial score (nSPS) is 17.2. The number of rotatable bonds is 4. The third kappa shape index (κ3) is 2.97. The number of nitrogens with one attached hydrogen (secondary N) is 1. The van der Waals surface area contributed by atoms with Gasteiger partial charge in [-0.1, -0.05) is 12.8 Å². The molecule has 0 amide bonds. The number of ether oxygens (including phenoxy) is 1. The van der Waals surface area contributed by atoms with Crippen LogP contribution >= 0.6 is 0 Å². The maximum absolute atomic E-state index is 11.8. The molecule has 1 heterocycles. The first-order valence-corrected chi connectivity index (χ1v) is 6.75. The van der Waals surface area contributed by atoms with Crippen molar-refractivity contribution in [3.63, 3.8) is 0 Å². The van der Waals surface area contributed by atoms with E-state index >= 15 is 0 Å². The fraction of sp³-hybridized carbons (Fsp3) is 0.571. The van der Waals surface area contributed by atoms with Gasteiger partial charge >= 0.3 is 5.97 Å². The van der Waals surface area contributed by atoms with Crippen LogP contribution in [0, 0.1) is 0 Å². The van der Waals surface area contributed by atoms with Crippen molar-refractivity contribution in [3.05, 3.63) is 17.8 Å². The largest absolute Gasteiger partial charge is 0.462 e. The second kappa shape index (κ2) is 5.47. The molecular formula is C14H21N3O2. The zero-order chi connectivity index (χ0) is 13.9. The van der Waals surface area contributed by atoms with E-state index in [1.807, 2.05) is 0 Å². The van der Waals surface area contributed by atoms with Crippen molar-refractivity contribution < 1.29 is 9.53 Å². The molecule has 0 saturated heterocycles. The van der Waals surface area contributed by atoms with Crippen LogP contribution in [0.2, 0.25) is 0 Å². The SMILES string of the molecule is CCOC(=O)c1ccnc(NC2(C)CCCC2)c1N. The monoisotopic (exact) mass is 263 g/mol. The van der Waals surface area contributed by atoms with Crippen molar-refractivity contribution in [1.29, 1.82) is 0 Å². The summed E-state index contributed by atoms with van der Waals surface area (Å²) in [6, 6.07) is 1.59.